The predicted octanol–water partition coefficient (Wildman–Crippen LogP) is 2.68. The third-order valence-corrected chi connectivity index (χ3v) is 2.46. The Morgan fingerprint density at radius 1 is 1.50 bits per heavy atom. The Labute approximate surface area is 97.4 Å². The molecular weight excluding hydrogens is 291 g/mol. The number of carboxylic acid groups (broad SMARTS) is 1. The van der Waals surface area contributed by atoms with Crippen LogP contribution in [0.15, 0.2) is 6.07 Å². The van der Waals surface area contributed by atoms with E-state index in [2.05, 4.69) is 20.9 Å². The summed E-state index contributed by atoms with van der Waals surface area (Å²) in [6.45, 7) is 0. The van der Waals surface area contributed by atoms with E-state index in [4.69, 9.17) is 5.11 Å². The van der Waals surface area contributed by atoms with Crippen LogP contribution in [0.2, 0.25) is 0 Å². The zero-order chi connectivity index (χ0) is 12.3. The monoisotopic (exact) mass is 297 g/mol. The lowest BCUT2D eigenvalue weighted by Gasteiger charge is -2.08. The van der Waals surface area contributed by atoms with Crippen molar-refractivity contribution in [1.29, 1.82) is 0 Å². The zero-order valence-corrected chi connectivity index (χ0v) is 9.47. The molecule has 0 amide bonds. The highest BCUT2D eigenvalue weighted by Crippen LogP contribution is 2.24. The molecule has 1 heterocycles. The largest absolute Gasteiger partial charge is 0.481 e. The van der Waals surface area contributed by atoms with E-state index < -0.39 is 30.5 Å². The minimum Gasteiger partial charge on any atom is -0.481 e. The Morgan fingerprint density at radius 3 is 2.56 bits per heavy atom. The number of hydrogen-bond acceptors (Lipinski definition) is 2. The third kappa shape index (κ3) is 2.94. The Hall–Kier alpha value is -1.11. The highest BCUT2D eigenvalue weighted by molar-refractivity contribution is 9.08. The highest BCUT2D eigenvalue weighted by atomic mass is 79.9. The lowest BCUT2D eigenvalue weighted by Crippen LogP contribution is -2.08. The van der Waals surface area contributed by atoms with Gasteiger partial charge in [0.25, 0.3) is 6.43 Å². The van der Waals surface area contributed by atoms with Gasteiger partial charge in [-0.2, -0.15) is 4.39 Å². The standard InChI is InChI=1S/C9H7BrF3NO2/c10-3-5-1-4(2-6(15)16)9(13)14-7(5)8(11)12/h1,8H,2-3H2,(H,15,16). The molecule has 0 bridgehead atoms. The number of aliphatic carboxylic acids is 1. The minimum absolute atomic E-state index is 0.0621. The molecule has 0 saturated heterocycles. The summed E-state index contributed by atoms with van der Waals surface area (Å²) in [5.74, 6) is -2.41. The molecule has 0 spiro atoms. The summed E-state index contributed by atoms with van der Waals surface area (Å²) in [5, 5.41) is 8.54. The Kier molecular flexibility index (Phi) is 4.28. The molecule has 1 aromatic heterocycles. The first-order valence-electron chi connectivity index (χ1n) is 4.19. The van der Waals surface area contributed by atoms with E-state index in [1.807, 2.05) is 0 Å². The van der Waals surface area contributed by atoms with Crippen molar-refractivity contribution in [3.05, 3.63) is 28.8 Å². The van der Waals surface area contributed by atoms with Crippen molar-refractivity contribution in [1.82, 2.24) is 4.98 Å². The molecule has 7 heteroatoms. The molecule has 3 nitrogen and oxygen atoms in total. The maximum absolute atomic E-state index is 13.2. The molecule has 0 aliphatic carbocycles. The van der Waals surface area contributed by atoms with Crippen LogP contribution < -0.4 is 0 Å². The molecule has 1 aromatic rings. The van der Waals surface area contributed by atoms with Crippen LogP contribution in [0.5, 0.6) is 0 Å². The molecule has 0 saturated carbocycles. The number of pyridine rings is 1. The van der Waals surface area contributed by atoms with Gasteiger partial charge in [-0.1, -0.05) is 15.9 Å². The summed E-state index contributed by atoms with van der Waals surface area (Å²) >= 11 is 2.96. The van der Waals surface area contributed by atoms with Gasteiger partial charge >= 0.3 is 5.97 Å². The van der Waals surface area contributed by atoms with E-state index in [0.29, 0.717) is 0 Å². The van der Waals surface area contributed by atoms with Gasteiger partial charge in [0.1, 0.15) is 5.69 Å². The Balaban J connectivity index is 3.20. The molecule has 16 heavy (non-hydrogen) atoms. The fraction of sp³-hybridized carbons (Fsp3) is 0.333. The van der Waals surface area contributed by atoms with Gasteiger partial charge in [-0.05, 0) is 11.6 Å². The van der Waals surface area contributed by atoms with E-state index in [0.717, 1.165) is 6.07 Å². The van der Waals surface area contributed by atoms with Crippen molar-refractivity contribution >= 4 is 21.9 Å². The van der Waals surface area contributed by atoms with Gasteiger partial charge in [0.15, 0.2) is 0 Å². The first-order chi connectivity index (χ1) is 7.45. The smallest absolute Gasteiger partial charge is 0.307 e. The predicted molar refractivity (Wildman–Crippen MR) is 53.1 cm³/mol. The molecule has 0 radical (unpaired) electrons. The Morgan fingerprint density at radius 2 is 2.12 bits per heavy atom. The topological polar surface area (TPSA) is 50.2 Å². The van der Waals surface area contributed by atoms with Crippen molar-refractivity contribution in [3.63, 3.8) is 0 Å². The first kappa shape index (κ1) is 13.0. The number of alkyl halides is 3. The lowest BCUT2D eigenvalue weighted by atomic mass is 10.1. The number of carbonyl (C=O) groups is 1. The molecule has 0 unspecified atom stereocenters. The SMILES string of the molecule is O=C(O)Cc1cc(CBr)c(C(F)F)nc1F. The van der Waals surface area contributed by atoms with E-state index >= 15 is 0 Å². The molecule has 0 aliphatic heterocycles. The van der Waals surface area contributed by atoms with Crippen LogP contribution >= 0.6 is 15.9 Å². The van der Waals surface area contributed by atoms with E-state index in [9.17, 15) is 18.0 Å². The maximum Gasteiger partial charge on any atom is 0.307 e. The average Bonchev–Trinajstić information content (AvgIpc) is 2.19. The van der Waals surface area contributed by atoms with Crippen LogP contribution in [0.1, 0.15) is 23.2 Å². The van der Waals surface area contributed by atoms with E-state index in [-0.39, 0.29) is 16.5 Å². The highest BCUT2D eigenvalue weighted by Gasteiger charge is 2.19. The number of nitrogens with zero attached hydrogens (tertiary/aromatic N) is 1. The van der Waals surface area contributed by atoms with Crippen LogP contribution in [0.4, 0.5) is 13.2 Å². The zero-order valence-electron chi connectivity index (χ0n) is 7.88. The van der Waals surface area contributed by atoms with Crippen LogP contribution in [0.25, 0.3) is 0 Å². The summed E-state index contributed by atoms with van der Waals surface area (Å²) in [6, 6.07) is 1.09. The second-order valence-corrected chi connectivity index (χ2v) is 3.55. The van der Waals surface area contributed by atoms with Crippen molar-refractivity contribution in [2.24, 2.45) is 0 Å². The first-order valence-corrected chi connectivity index (χ1v) is 5.32. The third-order valence-electron chi connectivity index (χ3n) is 1.85. The molecule has 0 fully saturated rings. The van der Waals surface area contributed by atoms with E-state index in [1.54, 1.807) is 0 Å². The van der Waals surface area contributed by atoms with Gasteiger partial charge in [-0.3, -0.25) is 4.79 Å². The number of halogens is 4. The van der Waals surface area contributed by atoms with Crippen molar-refractivity contribution in [2.45, 2.75) is 18.2 Å². The quantitative estimate of drug-likeness (QED) is 0.687. The van der Waals surface area contributed by atoms with Crippen LogP contribution in [-0.4, -0.2) is 16.1 Å². The second kappa shape index (κ2) is 5.29. The van der Waals surface area contributed by atoms with Gasteiger partial charge in [0.2, 0.25) is 5.95 Å². The minimum atomic E-state index is -2.89. The molecule has 88 valence electrons. The average molecular weight is 298 g/mol. The van der Waals surface area contributed by atoms with Gasteiger partial charge < -0.3 is 5.11 Å². The van der Waals surface area contributed by atoms with Crippen LogP contribution in [0, 0.1) is 5.95 Å². The van der Waals surface area contributed by atoms with Gasteiger partial charge in [0.05, 0.1) is 6.42 Å². The van der Waals surface area contributed by atoms with Gasteiger partial charge in [-0.15, -0.1) is 0 Å². The van der Waals surface area contributed by atoms with Crippen molar-refractivity contribution in [2.75, 3.05) is 0 Å². The molecular formula is C9H7BrF3NO2. The fourth-order valence-corrected chi connectivity index (χ4v) is 1.63. The lowest BCUT2D eigenvalue weighted by molar-refractivity contribution is -0.136. The van der Waals surface area contributed by atoms with Crippen molar-refractivity contribution in [3.8, 4) is 0 Å². The normalized spacial score (nSPS) is 10.8. The summed E-state index contributed by atoms with van der Waals surface area (Å²) in [5.41, 5.74) is -0.775. The molecule has 0 atom stereocenters. The Bertz CT molecular complexity index is 412. The molecule has 0 aliphatic rings. The number of aromatic nitrogens is 1. The van der Waals surface area contributed by atoms with Crippen LogP contribution in [-0.2, 0) is 16.5 Å². The van der Waals surface area contributed by atoms with E-state index in [1.165, 1.54) is 0 Å². The summed E-state index contributed by atoms with van der Waals surface area (Å²) in [7, 11) is 0. The van der Waals surface area contributed by atoms with Gasteiger partial charge in [-0.25, -0.2) is 13.8 Å². The van der Waals surface area contributed by atoms with Crippen LogP contribution in [0.3, 0.4) is 0 Å². The molecule has 1 N–H and O–H groups in total. The fourth-order valence-electron chi connectivity index (χ4n) is 1.18. The summed E-state index contributed by atoms with van der Waals surface area (Å²) < 4.78 is 38.0. The number of rotatable bonds is 4. The molecule has 0 aromatic carbocycles. The number of carboxylic acids is 1. The van der Waals surface area contributed by atoms with Gasteiger partial charge in [0, 0.05) is 10.9 Å². The molecule has 1 rings (SSSR count). The number of hydrogen-bond donors (Lipinski definition) is 1. The second-order valence-electron chi connectivity index (χ2n) is 2.99. The van der Waals surface area contributed by atoms with Crippen molar-refractivity contribution < 1.29 is 23.1 Å². The summed E-state index contributed by atoms with van der Waals surface area (Å²) in [6.07, 6.45) is -3.47. The maximum atomic E-state index is 13.2. The summed E-state index contributed by atoms with van der Waals surface area (Å²) in [4.78, 5) is 13.5.